The molecule has 0 unspecified atom stereocenters. The van der Waals surface area contributed by atoms with Crippen LogP contribution in [0.3, 0.4) is 0 Å². The Morgan fingerprint density at radius 1 is 1.42 bits per heavy atom. The maximum atomic E-state index is 11.6. The monoisotopic (exact) mass is 329 g/mol. The molecule has 0 spiro atoms. The van der Waals surface area contributed by atoms with Crippen molar-refractivity contribution in [1.82, 2.24) is 0 Å². The van der Waals surface area contributed by atoms with Crippen molar-refractivity contribution in [2.75, 3.05) is 0 Å². The van der Waals surface area contributed by atoms with Gasteiger partial charge in [0.05, 0.1) is 0 Å². The fourth-order valence-electron chi connectivity index (χ4n) is 4.38. The van der Waals surface area contributed by atoms with Crippen LogP contribution in [0.5, 0.6) is 0 Å². The van der Waals surface area contributed by atoms with E-state index in [9.17, 15) is 10.1 Å². The first-order valence-corrected chi connectivity index (χ1v) is 8.17. The summed E-state index contributed by atoms with van der Waals surface area (Å²) in [5.74, 6) is 1.11. The highest BCUT2D eigenvalue weighted by Gasteiger charge is 2.71. The zero-order valence-corrected chi connectivity index (χ0v) is 15.0. The molecule has 0 amide bonds. The first kappa shape index (κ1) is 16.8. The molecule has 1 aromatic rings. The van der Waals surface area contributed by atoms with E-state index in [0.29, 0.717) is 6.42 Å². The summed E-state index contributed by atoms with van der Waals surface area (Å²) in [6.07, 6.45) is 2.22. The van der Waals surface area contributed by atoms with Gasteiger partial charge in [0, 0.05) is 19.3 Å². The second kappa shape index (κ2) is 4.97. The van der Waals surface area contributed by atoms with Crippen molar-refractivity contribution in [2.24, 2.45) is 0 Å². The lowest BCUT2D eigenvalue weighted by Crippen LogP contribution is -2.50. The summed E-state index contributed by atoms with van der Waals surface area (Å²) in [6.45, 7) is 11.1. The van der Waals surface area contributed by atoms with Crippen LogP contribution in [-0.4, -0.2) is 22.8 Å². The summed E-state index contributed by atoms with van der Waals surface area (Å²) in [4.78, 5) is 11.6. The van der Waals surface area contributed by atoms with Crippen molar-refractivity contribution in [3.8, 4) is 6.07 Å². The third-order valence-corrected chi connectivity index (χ3v) is 5.54. The molecule has 24 heavy (non-hydrogen) atoms. The van der Waals surface area contributed by atoms with E-state index in [1.165, 1.54) is 6.92 Å². The maximum absolute atomic E-state index is 11.6. The molecule has 0 saturated carbocycles. The molecular weight excluding hydrogens is 306 g/mol. The topological polar surface area (TPSA) is 72.5 Å². The van der Waals surface area contributed by atoms with E-state index in [1.807, 2.05) is 46.8 Å². The van der Waals surface area contributed by atoms with Crippen molar-refractivity contribution in [3.05, 3.63) is 34.8 Å². The van der Waals surface area contributed by atoms with Crippen molar-refractivity contribution in [1.29, 1.82) is 5.26 Å². The van der Waals surface area contributed by atoms with Crippen LogP contribution < -0.4 is 0 Å². The summed E-state index contributed by atoms with van der Waals surface area (Å²) in [5, 5.41) is 9.80. The molecule has 2 aliphatic rings. The van der Waals surface area contributed by atoms with E-state index >= 15 is 0 Å². The number of carbonyl (C=O) groups excluding carboxylic acids is 1. The molecule has 3 heterocycles. The number of furan rings is 1. The average molecular weight is 329 g/mol. The Morgan fingerprint density at radius 3 is 2.58 bits per heavy atom. The molecule has 1 fully saturated rings. The normalized spacial score (nSPS) is 35.5. The van der Waals surface area contributed by atoms with Gasteiger partial charge in [-0.05, 0) is 51.0 Å². The standard InChI is InChI=1S/C19H23NO4/c1-11-7-13(3)22-16(11)14(4)19-9-18(10-20,23-15(5)21)17(6,24-19)8-12(19)2/h7-8,14H,9H2,1-6H3/t14-,17+,18-,19+/m1/s1. The molecule has 5 heteroatoms. The highest BCUT2D eigenvalue weighted by Crippen LogP contribution is 2.61. The van der Waals surface area contributed by atoms with E-state index in [4.69, 9.17) is 13.9 Å². The number of fused-ring (bicyclic) bond motifs is 2. The van der Waals surface area contributed by atoms with E-state index in [2.05, 4.69) is 6.07 Å². The van der Waals surface area contributed by atoms with Gasteiger partial charge in [-0.1, -0.05) is 6.92 Å². The Labute approximate surface area is 142 Å². The maximum Gasteiger partial charge on any atom is 0.304 e. The number of esters is 1. The predicted molar refractivity (Wildman–Crippen MR) is 87.3 cm³/mol. The minimum absolute atomic E-state index is 0.102. The summed E-state index contributed by atoms with van der Waals surface area (Å²) in [5.41, 5.74) is -0.886. The van der Waals surface area contributed by atoms with Crippen LogP contribution in [-0.2, 0) is 14.3 Å². The first-order chi connectivity index (χ1) is 11.1. The minimum Gasteiger partial charge on any atom is -0.466 e. The second-order valence-electron chi connectivity index (χ2n) is 7.26. The molecule has 0 aromatic carbocycles. The molecule has 1 aromatic heterocycles. The van der Waals surface area contributed by atoms with Gasteiger partial charge in [0.1, 0.15) is 28.8 Å². The number of aryl methyl sites for hydroxylation is 2. The van der Waals surface area contributed by atoms with Gasteiger partial charge in [-0.25, -0.2) is 0 Å². The first-order valence-electron chi connectivity index (χ1n) is 8.17. The lowest BCUT2D eigenvalue weighted by atomic mass is 9.68. The molecule has 0 N–H and O–H groups in total. The average Bonchev–Trinajstić information content (AvgIpc) is 3.03. The lowest BCUT2D eigenvalue weighted by molar-refractivity contribution is -0.161. The molecule has 2 aliphatic heterocycles. The van der Waals surface area contributed by atoms with Gasteiger partial charge in [0.15, 0.2) is 0 Å². The van der Waals surface area contributed by atoms with Gasteiger partial charge in [0.2, 0.25) is 5.60 Å². The SMILES string of the molecule is CC(=O)O[C@@]1(C#N)C[C@]2([C@H](C)c3oc(C)cc3C)O[C@@]1(C)C=C2C. The third kappa shape index (κ3) is 1.99. The zero-order valence-electron chi connectivity index (χ0n) is 15.0. The molecule has 0 aliphatic carbocycles. The summed E-state index contributed by atoms with van der Waals surface area (Å²) < 4.78 is 17.8. The smallest absolute Gasteiger partial charge is 0.304 e. The zero-order chi connectivity index (χ0) is 17.9. The van der Waals surface area contributed by atoms with Crippen LogP contribution in [0.15, 0.2) is 22.1 Å². The van der Waals surface area contributed by atoms with Crippen molar-refractivity contribution in [3.63, 3.8) is 0 Å². The molecule has 0 radical (unpaired) electrons. The van der Waals surface area contributed by atoms with E-state index in [1.54, 1.807) is 0 Å². The Kier molecular flexibility index (Phi) is 3.47. The van der Waals surface area contributed by atoms with Gasteiger partial charge in [0.25, 0.3) is 0 Å². The van der Waals surface area contributed by atoms with Gasteiger partial charge < -0.3 is 13.9 Å². The van der Waals surface area contributed by atoms with Crippen LogP contribution in [0.2, 0.25) is 0 Å². The van der Waals surface area contributed by atoms with Crippen LogP contribution in [0.25, 0.3) is 0 Å². The molecule has 3 rings (SSSR count). The molecular formula is C19H23NO4. The number of nitrogens with zero attached hydrogens (tertiary/aromatic N) is 1. The van der Waals surface area contributed by atoms with Gasteiger partial charge >= 0.3 is 5.97 Å². The van der Waals surface area contributed by atoms with Crippen molar-refractivity contribution < 1.29 is 18.7 Å². The number of nitriles is 1. The predicted octanol–water partition coefficient (Wildman–Crippen LogP) is 3.70. The van der Waals surface area contributed by atoms with Crippen LogP contribution in [0, 0.1) is 25.2 Å². The Morgan fingerprint density at radius 2 is 2.08 bits per heavy atom. The Bertz CT molecular complexity index is 786. The summed E-state index contributed by atoms with van der Waals surface area (Å²) in [6, 6.07) is 4.20. The van der Waals surface area contributed by atoms with Crippen LogP contribution >= 0.6 is 0 Å². The third-order valence-electron chi connectivity index (χ3n) is 5.54. The quantitative estimate of drug-likeness (QED) is 0.624. The van der Waals surface area contributed by atoms with E-state index in [-0.39, 0.29) is 5.92 Å². The van der Waals surface area contributed by atoms with Crippen molar-refractivity contribution >= 4 is 5.97 Å². The fourth-order valence-corrected chi connectivity index (χ4v) is 4.38. The van der Waals surface area contributed by atoms with E-state index in [0.717, 1.165) is 22.7 Å². The largest absolute Gasteiger partial charge is 0.466 e. The Hall–Kier alpha value is -2.06. The molecule has 5 nitrogen and oxygen atoms in total. The molecule has 2 bridgehead atoms. The molecule has 4 atom stereocenters. The Balaban J connectivity index is 2.09. The van der Waals surface area contributed by atoms with Crippen molar-refractivity contribution in [2.45, 2.75) is 70.7 Å². The number of rotatable bonds is 3. The van der Waals surface area contributed by atoms with Crippen LogP contribution in [0.1, 0.15) is 57.1 Å². The molecule has 128 valence electrons. The second-order valence-corrected chi connectivity index (χ2v) is 7.26. The number of hydrogen-bond acceptors (Lipinski definition) is 5. The van der Waals surface area contributed by atoms with Crippen LogP contribution in [0.4, 0.5) is 0 Å². The minimum atomic E-state index is -1.32. The number of ether oxygens (including phenoxy) is 2. The van der Waals surface area contributed by atoms with Gasteiger partial charge in [-0.2, -0.15) is 5.26 Å². The lowest BCUT2D eigenvalue weighted by Gasteiger charge is -2.36. The number of hydrogen-bond donors (Lipinski definition) is 0. The summed E-state index contributed by atoms with van der Waals surface area (Å²) >= 11 is 0. The van der Waals surface area contributed by atoms with Gasteiger partial charge in [-0.3, -0.25) is 4.79 Å². The number of carbonyl (C=O) groups is 1. The summed E-state index contributed by atoms with van der Waals surface area (Å²) in [7, 11) is 0. The highest BCUT2D eigenvalue weighted by atomic mass is 16.6. The van der Waals surface area contributed by atoms with E-state index < -0.39 is 22.8 Å². The highest BCUT2D eigenvalue weighted by molar-refractivity contribution is 5.68. The van der Waals surface area contributed by atoms with Gasteiger partial charge in [-0.15, -0.1) is 0 Å². The fraction of sp³-hybridized carbons (Fsp3) is 0.579. The molecule has 1 saturated heterocycles.